The van der Waals surface area contributed by atoms with Gasteiger partial charge in [0.15, 0.2) is 11.5 Å². The number of ether oxygens (including phenoxy) is 3. The molecule has 17 heavy (non-hydrogen) atoms. The Labute approximate surface area is 102 Å². The summed E-state index contributed by atoms with van der Waals surface area (Å²) in [5, 5.41) is 0. The molecule has 0 unspecified atom stereocenters. The lowest BCUT2D eigenvalue weighted by molar-refractivity contribution is 0.0669. The first-order valence-electron chi connectivity index (χ1n) is 5.95. The van der Waals surface area contributed by atoms with Crippen LogP contribution < -0.4 is 15.2 Å². The molecule has 0 aliphatic carbocycles. The van der Waals surface area contributed by atoms with Crippen LogP contribution in [0.3, 0.4) is 0 Å². The van der Waals surface area contributed by atoms with Crippen molar-refractivity contribution in [1.82, 2.24) is 0 Å². The molecule has 1 aliphatic heterocycles. The van der Waals surface area contributed by atoms with Crippen LogP contribution in [0.1, 0.15) is 18.4 Å². The quantitative estimate of drug-likeness (QED) is 0.847. The van der Waals surface area contributed by atoms with Gasteiger partial charge < -0.3 is 19.9 Å². The number of methoxy groups -OCH3 is 1. The maximum Gasteiger partial charge on any atom is 0.161 e. The van der Waals surface area contributed by atoms with Crippen LogP contribution in [0.4, 0.5) is 0 Å². The molecule has 0 bridgehead atoms. The average molecular weight is 237 g/mol. The standard InChI is InChI=1S/C13H19NO3/c1-15-13-7-10(8-14)4-5-12(13)17-9-11-3-2-6-16-11/h4-5,7,11H,2-3,6,8-9,14H2,1H3/t11-/m0/s1. The first kappa shape index (κ1) is 12.2. The average Bonchev–Trinajstić information content (AvgIpc) is 2.89. The van der Waals surface area contributed by atoms with Crippen LogP contribution in [0, 0.1) is 0 Å². The van der Waals surface area contributed by atoms with Crippen molar-refractivity contribution in [2.45, 2.75) is 25.5 Å². The third-order valence-electron chi connectivity index (χ3n) is 2.91. The predicted molar refractivity (Wildman–Crippen MR) is 65.4 cm³/mol. The minimum Gasteiger partial charge on any atom is -0.493 e. The van der Waals surface area contributed by atoms with Gasteiger partial charge in [-0.25, -0.2) is 0 Å². The Morgan fingerprint density at radius 1 is 1.41 bits per heavy atom. The first-order chi connectivity index (χ1) is 8.33. The third-order valence-corrected chi connectivity index (χ3v) is 2.91. The summed E-state index contributed by atoms with van der Waals surface area (Å²) in [6.07, 6.45) is 2.41. The van der Waals surface area contributed by atoms with Crippen molar-refractivity contribution in [3.63, 3.8) is 0 Å². The van der Waals surface area contributed by atoms with Crippen molar-refractivity contribution in [3.05, 3.63) is 23.8 Å². The third kappa shape index (κ3) is 3.11. The maximum absolute atomic E-state index is 5.72. The van der Waals surface area contributed by atoms with Crippen molar-refractivity contribution in [3.8, 4) is 11.5 Å². The van der Waals surface area contributed by atoms with Crippen molar-refractivity contribution < 1.29 is 14.2 Å². The molecule has 0 saturated carbocycles. The Morgan fingerprint density at radius 2 is 2.29 bits per heavy atom. The van der Waals surface area contributed by atoms with E-state index in [9.17, 15) is 0 Å². The SMILES string of the molecule is COc1cc(CN)ccc1OC[C@@H]1CCCO1. The molecule has 1 aromatic carbocycles. The van der Waals surface area contributed by atoms with Gasteiger partial charge >= 0.3 is 0 Å². The van der Waals surface area contributed by atoms with Gasteiger partial charge in [-0.05, 0) is 30.5 Å². The molecule has 1 saturated heterocycles. The number of rotatable bonds is 5. The monoisotopic (exact) mass is 237 g/mol. The fourth-order valence-corrected chi connectivity index (χ4v) is 1.92. The molecule has 1 aromatic rings. The van der Waals surface area contributed by atoms with Gasteiger partial charge in [0, 0.05) is 13.2 Å². The van der Waals surface area contributed by atoms with Crippen LogP contribution in [0.5, 0.6) is 11.5 Å². The van der Waals surface area contributed by atoms with E-state index in [0.717, 1.165) is 36.5 Å². The highest BCUT2D eigenvalue weighted by Gasteiger charge is 2.17. The van der Waals surface area contributed by atoms with Gasteiger partial charge in [0.2, 0.25) is 0 Å². The van der Waals surface area contributed by atoms with Crippen LogP contribution >= 0.6 is 0 Å². The highest BCUT2D eigenvalue weighted by atomic mass is 16.5. The van der Waals surface area contributed by atoms with E-state index in [1.165, 1.54) is 0 Å². The summed E-state index contributed by atoms with van der Waals surface area (Å²) in [5.41, 5.74) is 6.61. The molecule has 0 amide bonds. The highest BCUT2D eigenvalue weighted by molar-refractivity contribution is 5.42. The second kappa shape index (κ2) is 5.89. The summed E-state index contributed by atoms with van der Waals surface area (Å²) in [7, 11) is 1.63. The normalized spacial score (nSPS) is 19.3. The van der Waals surface area contributed by atoms with E-state index >= 15 is 0 Å². The summed E-state index contributed by atoms with van der Waals surface area (Å²) in [6, 6.07) is 5.76. The molecular weight excluding hydrogens is 218 g/mol. The lowest BCUT2D eigenvalue weighted by Gasteiger charge is -2.14. The lowest BCUT2D eigenvalue weighted by Crippen LogP contribution is -2.16. The van der Waals surface area contributed by atoms with E-state index in [-0.39, 0.29) is 6.10 Å². The fourth-order valence-electron chi connectivity index (χ4n) is 1.92. The largest absolute Gasteiger partial charge is 0.493 e. The summed E-state index contributed by atoms with van der Waals surface area (Å²) >= 11 is 0. The van der Waals surface area contributed by atoms with Gasteiger partial charge in [-0.3, -0.25) is 0 Å². The molecule has 1 heterocycles. The highest BCUT2D eigenvalue weighted by Crippen LogP contribution is 2.28. The Hall–Kier alpha value is -1.26. The summed E-state index contributed by atoms with van der Waals surface area (Å²) in [6.45, 7) is 1.93. The Balaban J connectivity index is 1.98. The lowest BCUT2D eigenvalue weighted by atomic mass is 10.2. The smallest absolute Gasteiger partial charge is 0.161 e. The van der Waals surface area contributed by atoms with Crippen molar-refractivity contribution in [2.24, 2.45) is 5.73 Å². The van der Waals surface area contributed by atoms with E-state index in [1.807, 2.05) is 18.2 Å². The van der Waals surface area contributed by atoms with Crippen molar-refractivity contribution >= 4 is 0 Å². The number of hydrogen-bond acceptors (Lipinski definition) is 4. The molecule has 0 radical (unpaired) electrons. The summed E-state index contributed by atoms with van der Waals surface area (Å²) < 4.78 is 16.5. The number of hydrogen-bond donors (Lipinski definition) is 1. The van der Waals surface area contributed by atoms with E-state index < -0.39 is 0 Å². The van der Waals surface area contributed by atoms with Crippen molar-refractivity contribution in [2.75, 3.05) is 20.3 Å². The van der Waals surface area contributed by atoms with Crippen LogP contribution in [-0.2, 0) is 11.3 Å². The van der Waals surface area contributed by atoms with Crippen LogP contribution in [0.25, 0.3) is 0 Å². The molecule has 2 N–H and O–H groups in total. The van der Waals surface area contributed by atoms with Gasteiger partial charge in [-0.1, -0.05) is 6.07 Å². The fraction of sp³-hybridized carbons (Fsp3) is 0.538. The predicted octanol–water partition coefficient (Wildman–Crippen LogP) is 1.71. The van der Waals surface area contributed by atoms with Crippen molar-refractivity contribution in [1.29, 1.82) is 0 Å². The van der Waals surface area contributed by atoms with E-state index in [4.69, 9.17) is 19.9 Å². The zero-order valence-electron chi connectivity index (χ0n) is 10.1. The van der Waals surface area contributed by atoms with Gasteiger partial charge in [-0.15, -0.1) is 0 Å². The van der Waals surface area contributed by atoms with Gasteiger partial charge in [0.1, 0.15) is 6.61 Å². The van der Waals surface area contributed by atoms with E-state index in [1.54, 1.807) is 7.11 Å². The molecule has 0 aromatic heterocycles. The second-order valence-electron chi connectivity index (χ2n) is 4.14. The number of benzene rings is 1. The maximum atomic E-state index is 5.72. The Morgan fingerprint density at radius 3 is 2.94 bits per heavy atom. The van der Waals surface area contributed by atoms with Gasteiger partial charge in [-0.2, -0.15) is 0 Å². The van der Waals surface area contributed by atoms with E-state index in [2.05, 4.69) is 0 Å². The summed E-state index contributed by atoms with van der Waals surface area (Å²) in [4.78, 5) is 0. The Bertz CT molecular complexity index is 362. The molecule has 0 spiro atoms. The molecule has 4 nitrogen and oxygen atoms in total. The Kier molecular flexibility index (Phi) is 4.23. The minimum absolute atomic E-state index is 0.217. The van der Waals surface area contributed by atoms with Gasteiger partial charge in [0.05, 0.1) is 13.2 Å². The van der Waals surface area contributed by atoms with Gasteiger partial charge in [0.25, 0.3) is 0 Å². The summed E-state index contributed by atoms with van der Waals surface area (Å²) in [5.74, 6) is 1.48. The molecule has 4 heteroatoms. The van der Waals surface area contributed by atoms with E-state index in [0.29, 0.717) is 13.2 Å². The zero-order valence-corrected chi connectivity index (χ0v) is 10.1. The molecule has 2 rings (SSSR count). The first-order valence-corrected chi connectivity index (χ1v) is 5.95. The molecule has 1 aliphatic rings. The molecule has 1 atom stereocenters. The molecular formula is C13H19NO3. The van der Waals surface area contributed by atoms with Crippen LogP contribution in [-0.4, -0.2) is 26.4 Å². The zero-order chi connectivity index (χ0) is 12.1. The molecule has 94 valence electrons. The van der Waals surface area contributed by atoms with Crippen LogP contribution in [0.15, 0.2) is 18.2 Å². The minimum atomic E-state index is 0.217. The second-order valence-corrected chi connectivity index (χ2v) is 4.14. The van der Waals surface area contributed by atoms with Crippen LogP contribution in [0.2, 0.25) is 0 Å². The number of nitrogens with two attached hydrogens (primary N) is 1. The molecule has 1 fully saturated rings. The topological polar surface area (TPSA) is 53.7 Å².